The molecule has 9 aliphatic carbocycles. The minimum Gasteiger partial charge on any atom is -0.294 e. The van der Waals surface area contributed by atoms with E-state index >= 15 is 0 Å². The maximum atomic E-state index is 3.44. The summed E-state index contributed by atoms with van der Waals surface area (Å²) in [5.74, 6) is 12.8. The van der Waals surface area contributed by atoms with Gasteiger partial charge in [0.2, 0.25) is 0 Å². The Morgan fingerprint density at radius 2 is 0.554 bits per heavy atom. The van der Waals surface area contributed by atoms with Crippen LogP contribution in [-0.2, 0) is 0 Å². The van der Waals surface area contributed by atoms with Crippen molar-refractivity contribution in [1.29, 1.82) is 0 Å². The fraction of sp³-hybridized carbons (Fsp3) is 1.00. The zero-order valence-electron chi connectivity index (χ0n) is 36.7. The molecule has 0 bridgehead atoms. The topological polar surface area (TPSA) is 6.48 Å². The van der Waals surface area contributed by atoms with Crippen molar-refractivity contribution in [3.8, 4) is 0 Å². The lowest BCUT2D eigenvalue weighted by atomic mass is 9.62. The summed E-state index contributed by atoms with van der Waals surface area (Å²) in [6.07, 6.45) is 56.6. The zero-order chi connectivity index (χ0) is 37.0. The van der Waals surface area contributed by atoms with Crippen LogP contribution in [0.5, 0.6) is 0 Å². The lowest BCUT2D eigenvalue weighted by Gasteiger charge is -2.50. The first kappa shape index (κ1) is 38.8. The average Bonchev–Trinajstić information content (AvgIpc) is 3.79. The van der Waals surface area contributed by atoms with E-state index in [9.17, 15) is 0 Å². The van der Waals surface area contributed by atoms with Crippen LogP contribution in [0.25, 0.3) is 0 Å². The van der Waals surface area contributed by atoms with Crippen LogP contribution in [0.2, 0.25) is 0 Å². The standard InChI is InChI=1S/C54H90N2/c1-4-14-37(15-5-1)40-24-28-45(29-25-40)55-51-22-12-10-20-47(51)49-35-41(26-30-53(49)55)42-27-31-54-50(36-42)48-21-11-13-23-52(48)56(54)46-33-43(38-16-6-2-7-17-38)32-44(34-46)39-18-8-3-9-19-39/h37-54H,1-36H2. The molecule has 2 aliphatic heterocycles. The normalized spacial score (nSPS) is 49.2. The summed E-state index contributed by atoms with van der Waals surface area (Å²) in [6, 6.07) is 5.77. The Morgan fingerprint density at radius 3 is 1.04 bits per heavy atom. The maximum absolute atomic E-state index is 3.44. The predicted molar refractivity (Wildman–Crippen MR) is 234 cm³/mol. The van der Waals surface area contributed by atoms with E-state index in [1.54, 1.807) is 193 Å². The fourth-order valence-corrected chi connectivity index (χ4v) is 19.6. The summed E-state index contributed by atoms with van der Waals surface area (Å²) in [5, 5.41) is 0. The molecule has 0 amide bonds. The summed E-state index contributed by atoms with van der Waals surface area (Å²) in [4.78, 5) is 6.78. The highest BCUT2D eigenvalue weighted by Gasteiger charge is 2.57. The molecule has 9 saturated carbocycles. The Bertz CT molecular complexity index is 1220. The quantitative estimate of drug-likeness (QED) is 0.266. The third-order valence-electron chi connectivity index (χ3n) is 22.0. The molecule has 0 spiro atoms. The van der Waals surface area contributed by atoms with Crippen LogP contribution in [0.3, 0.4) is 0 Å². The molecule has 2 saturated heterocycles. The first-order valence-corrected chi connectivity index (χ1v) is 27.3. The second kappa shape index (κ2) is 17.4. The largest absolute Gasteiger partial charge is 0.294 e. The van der Waals surface area contributed by atoms with E-state index in [1.165, 1.54) is 38.5 Å². The van der Waals surface area contributed by atoms with E-state index in [2.05, 4.69) is 9.80 Å². The molecule has 0 aromatic rings. The lowest BCUT2D eigenvalue weighted by molar-refractivity contribution is -0.00557. The Kier molecular flexibility index (Phi) is 12.0. The number of hydrogen-bond donors (Lipinski definition) is 0. The van der Waals surface area contributed by atoms with Gasteiger partial charge in [0.05, 0.1) is 0 Å². The highest BCUT2D eigenvalue weighted by molar-refractivity contribution is 5.10. The number of nitrogens with zero attached hydrogens (tertiary/aromatic N) is 2. The molecule has 11 fully saturated rings. The van der Waals surface area contributed by atoms with Crippen molar-refractivity contribution in [3.63, 3.8) is 0 Å². The smallest absolute Gasteiger partial charge is 0.0133 e. The first-order valence-electron chi connectivity index (χ1n) is 27.3. The number of fused-ring (bicyclic) bond motifs is 6. The summed E-state index contributed by atoms with van der Waals surface area (Å²) >= 11 is 0. The average molecular weight is 767 g/mol. The molecule has 2 heteroatoms. The van der Waals surface area contributed by atoms with E-state index in [-0.39, 0.29) is 0 Å². The number of likely N-dealkylation sites (tertiary alicyclic amines) is 2. The molecule has 12 atom stereocenters. The van der Waals surface area contributed by atoms with Crippen LogP contribution in [0.4, 0.5) is 0 Å². The van der Waals surface area contributed by atoms with Gasteiger partial charge in [0.15, 0.2) is 0 Å². The van der Waals surface area contributed by atoms with Crippen LogP contribution < -0.4 is 0 Å². The van der Waals surface area contributed by atoms with E-state index in [0.717, 1.165) is 107 Å². The molecule has 0 aromatic heterocycles. The molecule has 2 nitrogen and oxygen atoms in total. The minimum atomic E-state index is 0.945. The molecule has 56 heavy (non-hydrogen) atoms. The van der Waals surface area contributed by atoms with Crippen LogP contribution >= 0.6 is 0 Å². The third-order valence-corrected chi connectivity index (χ3v) is 22.0. The molecule has 11 aliphatic rings. The van der Waals surface area contributed by atoms with Crippen LogP contribution in [0.15, 0.2) is 0 Å². The number of hydrogen-bond acceptors (Lipinski definition) is 2. The molecular formula is C54H90N2. The van der Waals surface area contributed by atoms with Gasteiger partial charge in [0, 0.05) is 36.3 Å². The highest BCUT2D eigenvalue weighted by atomic mass is 15.3. The van der Waals surface area contributed by atoms with Gasteiger partial charge in [0.1, 0.15) is 0 Å². The highest BCUT2D eigenvalue weighted by Crippen LogP contribution is 2.59. The molecule has 12 unspecified atom stereocenters. The van der Waals surface area contributed by atoms with Crippen molar-refractivity contribution in [2.24, 2.45) is 71.0 Å². The van der Waals surface area contributed by atoms with Gasteiger partial charge < -0.3 is 0 Å². The van der Waals surface area contributed by atoms with Crippen molar-refractivity contribution in [3.05, 3.63) is 0 Å². The molecule has 316 valence electrons. The third kappa shape index (κ3) is 7.50. The van der Waals surface area contributed by atoms with Gasteiger partial charge in [0.25, 0.3) is 0 Å². The van der Waals surface area contributed by atoms with E-state index < -0.39 is 0 Å². The van der Waals surface area contributed by atoms with Crippen molar-refractivity contribution in [2.75, 3.05) is 0 Å². The lowest BCUT2D eigenvalue weighted by Crippen LogP contribution is -2.51. The summed E-state index contributed by atoms with van der Waals surface area (Å²) in [7, 11) is 0. The summed E-state index contributed by atoms with van der Waals surface area (Å²) in [6.45, 7) is 0. The monoisotopic (exact) mass is 767 g/mol. The van der Waals surface area contributed by atoms with E-state index in [0.29, 0.717) is 0 Å². The zero-order valence-corrected chi connectivity index (χ0v) is 36.7. The van der Waals surface area contributed by atoms with E-state index in [1.807, 2.05) is 0 Å². The Hall–Kier alpha value is -0.0800. The van der Waals surface area contributed by atoms with Gasteiger partial charge in [-0.25, -0.2) is 0 Å². The summed E-state index contributed by atoms with van der Waals surface area (Å²) < 4.78 is 0. The molecule has 0 N–H and O–H groups in total. The van der Waals surface area contributed by atoms with Crippen molar-refractivity contribution in [1.82, 2.24) is 9.80 Å². The molecule has 11 rings (SSSR count). The van der Waals surface area contributed by atoms with Gasteiger partial charge in [-0.3, -0.25) is 9.80 Å². The van der Waals surface area contributed by atoms with E-state index in [4.69, 9.17) is 0 Å². The van der Waals surface area contributed by atoms with Crippen LogP contribution in [0.1, 0.15) is 231 Å². The molecule has 0 aromatic carbocycles. The van der Waals surface area contributed by atoms with Crippen LogP contribution in [-0.4, -0.2) is 46.1 Å². The minimum absolute atomic E-state index is 0.945. The predicted octanol–water partition coefficient (Wildman–Crippen LogP) is 14.4. The fourth-order valence-electron chi connectivity index (χ4n) is 19.6. The molecular weight excluding hydrogens is 677 g/mol. The van der Waals surface area contributed by atoms with Crippen molar-refractivity contribution < 1.29 is 0 Å². The number of rotatable bonds is 6. The van der Waals surface area contributed by atoms with Gasteiger partial charge in [-0.05, 0) is 180 Å². The second-order valence-electron chi connectivity index (χ2n) is 24.2. The Labute approximate surface area is 347 Å². The van der Waals surface area contributed by atoms with Gasteiger partial charge in [-0.2, -0.15) is 0 Å². The summed E-state index contributed by atoms with van der Waals surface area (Å²) in [5.41, 5.74) is 0. The van der Waals surface area contributed by atoms with Crippen LogP contribution in [0, 0.1) is 71.0 Å². The second-order valence-corrected chi connectivity index (χ2v) is 24.2. The molecule has 2 heterocycles. The van der Waals surface area contributed by atoms with Crippen molar-refractivity contribution in [2.45, 2.75) is 267 Å². The first-order chi connectivity index (χ1) is 27.8. The molecule has 0 radical (unpaired) electrons. The van der Waals surface area contributed by atoms with Crippen molar-refractivity contribution >= 4 is 0 Å². The Balaban J connectivity index is 0.776. The van der Waals surface area contributed by atoms with Gasteiger partial charge >= 0.3 is 0 Å². The van der Waals surface area contributed by atoms with Gasteiger partial charge in [-0.15, -0.1) is 0 Å². The Morgan fingerprint density at radius 1 is 0.196 bits per heavy atom. The van der Waals surface area contributed by atoms with Gasteiger partial charge in [-0.1, -0.05) is 122 Å². The SMILES string of the molecule is C1CCC(C2CCC(N3C4CCCCC4C4CC(C5CCC6C(C5)C5CCCCC5N6C5CC(C6CCCCC6)CC(C6CCCCC6)C5)CCC43)CC2)CC1. The maximum Gasteiger partial charge on any atom is 0.0133 e.